The van der Waals surface area contributed by atoms with Gasteiger partial charge in [-0.2, -0.15) is 0 Å². The number of pyridine rings is 1. The number of anilines is 1. The maximum absolute atomic E-state index is 13.6. The average molecular weight is 465 g/mol. The molecular formula is C24H21ClN4O2S. The van der Waals surface area contributed by atoms with E-state index in [1.807, 2.05) is 81.6 Å². The van der Waals surface area contributed by atoms with Crippen LogP contribution in [0.4, 0.5) is 5.69 Å². The first kappa shape index (κ1) is 20.8. The van der Waals surface area contributed by atoms with Crippen LogP contribution in [-0.4, -0.2) is 25.5 Å². The number of fused-ring (bicyclic) bond motifs is 1. The van der Waals surface area contributed by atoms with Crippen LogP contribution in [0.15, 0.2) is 65.5 Å². The summed E-state index contributed by atoms with van der Waals surface area (Å²) in [6.07, 6.45) is 0. The lowest BCUT2D eigenvalue weighted by molar-refractivity contribution is -0.117. The van der Waals surface area contributed by atoms with Crippen LogP contribution in [-0.2, 0) is 11.8 Å². The standard InChI is InChI=1S/C24H21ClN4O2S/c1-14-20(23(31)29(27(14)3)17-10-5-4-6-11-17)28-22(30)15(2)32-24(28)18-13-16-9-7-8-12-19(16)26-21(18)25/h4-13,15,24H,1-3H3. The van der Waals surface area contributed by atoms with Crippen molar-refractivity contribution in [2.24, 2.45) is 7.05 Å². The molecule has 1 aliphatic heterocycles. The molecule has 1 saturated heterocycles. The van der Waals surface area contributed by atoms with Crippen molar-refractivity contribution in [3.8, 4) is 5.69 Å². The van der Waals surface area contributed by atoms with Crippen molar-refractivity contribution in [2.75, 3.05) is 4.90 Å². The first-order valence-corrected chi connectivity index (χ1v) is 11.6. The quantitative estimate of drug-likeness (QED) is 0.406. The van der Waals surface area contributed by atoms with Crippen LogP contribution in [0.25, 0.3) is 16.6 Å². The predicted octanol–water partition coefficient (Wildman–Crippen LogP) is 4.85. The molecule has 2 aromatic heterocycles. The normalized spacial score (nSPS) is 18.6. The number of hydrogen-bond acceptors (Lipinski definition) is 4. The molecule has 0 radical (unpaired) electrons. The third kappa shape index (κ3) is 3.15. The molecule has 0 spiro atoms. The summed E-state index contributed by atoms with van der Waals surface area (Å²) in [4.78, 5) is 33.1. The number of rotatable bonds is 3. The monoisotopic (exact) mass is 464 g/mol. The molecule has 162 valence electrons. The summed E-state index contributed by atoms with van der Waals surface area (Å²) in [5.74, 6) is -0.116. The SMILES string of the molecule is Cc1c(N2C(=O)C(C)SC2c2cc3ccccc3nc2Cl)c(=O)n(-c2ccccc2)n1C. The number of hydrogen-bond donors (Lipinski definition) is 0. The van der Waals surface area contributed by atoms with E-state index in [0.29, 0.717) is 16.5 Å². The Hall–Kier alpha value is -3.03. The zero-order valence-electron chi connectivity index (χ0n) is 17.8. The fourth-order valence-corrected chi connectivity index (χ4v) is 5.76. The van der Waals surface area contributed by atoms with Gasteiger partial charge in [-0.05, 0) is 38.1 Å². The van der Waals surface area contributed by atoms with Gasteiger partial charge in [0.05, 0.1) is 22.1 Å². The molecule has 6 nitrogen and oxygen atoms in total. The Morgan fingerprint density at radius 3 is 2.47 bits per heavy atom. The van der Waals surface area contributed by atoms with Gasteiger partial charge >= 0.3 is 0 Å². The molecule has 0 N–H and O–H groups in total. The van der Waals surface area contributed by atoms with E-state index in [9.17, 15) is 9.59 Å². The molecule has 8 heteroatoms. The molecule has 3 heterocycles. The minimum absolute atomic E-state index is 0.116. The zero-order valence-corrected chi connectivity index (χ0v) is 19.4. The predicted molar refractivity (Wildman–Crippen MR) is 130 cm³/mol. The Balaban J connectivity index is 1.70. The Labute approximate surface area is 194 Å². The summed E-state index contributed by atoms with van der Waals surface area (Å²) in [6, 6.07) is 19.1. The molecule has 2 atom stereocenters. The van der Waals surface area contributed by atoms with E-state index in [1.165, 1.54) is 11.8 Å². The molecule has 2 unspecified atom stereocenters. The second-order valence-electron chi connectivity index (χ2n) is 7.81. The van der Waals surface area contributed by atoms with E-state index in [-0.39, 0.29) is 16.7 Å². The second kappa shape index (κ2) is 7.83. The number of thioether (sulfide) groups is 1. The van der Waals surface area contributed by atoms with Gasteiger partial charge in [0.25, 0.3) is 5.56 Å². The molecule has 1 fully saturated rings. The molecule has 0 aliphatic carbocycles. The number of aromatic nitrogens is 3. The van der Waals surface area contributed by atoms with Crippen LogP contribution < -0.4 is 10.5 Å². The molecular weight excluding hydrogens is 444 g/mol. The Kier molecular flexibility index (Phi) is 5.10. The zero-order chi connectivity index (χ0) is 22.6. The van der Waals surface area contributed by atoms with Crippen molar-refractivity contribution in [1.29, 1.82) is 0 Å². The topological polar surface area (TPSA) is 60.1 Å². The first-order valence-electron chi connectivity index (χ1n) is 10.3. The number of carbonyl (C=O) groups is 1. The first-order chi connectivity index (χ1) is 15.4. The largest absolute Gasteiger partial charge is 0.295 e. The lowest BCUT2D eigenvalue weighted by Crippen LogP contribution is -2.34. The fourth-order valence-electron chi connectivity index (χ4n) is 4.18. The molecule has 1 amide bonds. The number of halogens is 1. The summed E-state index contributed by atoms with van der Waals surface area (Å²) < 4.78 is 3.37. The summed E-state index contributed by atoms with van der Waals surface area (Å²) >= 11 is 8.07. The molecule has 4 aromatic rings. The van der Waals surface area contributed by atoms with Crippen LogP contribution in [0.1, 0.15) is 23.6 Å². The van der Waals surface area contributed by atoms with Gasteiger partial charge in [0.2, 0.25) is 5.91 Å². The van der Waals surface area contributed by atoms with Crippen molar-refractivity contribution in [3.63, 3.8) is 0 Å². The maximum Gasteiger partial charge on any atom is 0.295 e. The van der Waals surface area contributed by atoms with Crippen molar-refractivity contribution in [2.45, 2.75) is 24.5 Å². The van der Waals surface area contributed by atoms with Gasteiger partial charge in [-0.1, -0.05) is 48.0 Å². The molecule has 1 aliphatic rings. The highest BCUT2D eigenvalue weighted by Gasteiger charge is 2.43. The smallest absolute Gasteiger partial charge is 0.288 e. The average Bonchev–Trinajstić information content (AvgIpc) is 3.19. The van der Waals surface area contributed by atoms with E-state index in [4.69, 9.17) is 11.6 Å². The highest BCUT2D eigenvalue weighted by molar-refractivity contribution is 8.01. The Bertz CT molecular complexity index is 1410. The van der Waals surface area contributed by atoms with E-state index in [1.54, 1.807) is 14.3 Å². The number of para-hydroxylation sites is 2. The van der Waals surface area contributed by atoms with E-state index < -0.39 is 5.37 Å². The van der Waals surface area contributed by atoms with Gasteiger partial charge in [-0.25, -0.2) is 9.67 Å². The molecule has 0 bridgehead atoms. The number of carbonyl (C=O) groups excluding carboxylic acids is 1. The minimum atomic E-state index is -0.444. The van der Waals surface area contributed by atoms with Gasteiger partial charge in [-0.15, -0.1) is 11.8 Å². The van der Waals surface area contributed by atoms with Gasteiger partial charge in [0.15, 0.2) is 0 Å². The van der Waals surface area contributed by atoms with Crippen molar-refractivity contribution < 1.29 is 4.79 Å². The van der Waals surface area contributed by atoms with E-state index in [0.717, 1.165) is 22.2 Å². The van der Waals surface area contributed by atoms with Crippen molar-refractivity contribution in [1.82, 2.24) is 14.3 Å². The van der Waals surface area contributed by atoms with E-state index in [2.05, 4.69) is 4.98 Å². The fraction of sp³-hybridized carbons (Fsp3) is 0.208. The Morgan fingerprint density at radius 1 is 1.03 bits per heavy atom. The lowest BCUT2D eigenvalue weighted by Gasteiger charge is -2.24. The Morgan fingerprint density at radius 2 is 1.72 bits per heavy atom. The third-order valence-electron chi connectivity index (χ3n) is 5.89. The molecule has 32 heavy (non-hydrogen) atoms. The van der Waals surface area contributed by atoms with Crippen LogP contribution in [0.5, 0.6) is 0 Å². The highest BCUT2D eigenvalue weighted by atomic mass is 35.5. The van der Waals surface area contributed by atoms with Gasteiger partial charge < -0.3 is 0 Å². The van der Waals surface area contributed by atoms with E-state index >= 15 is 0 Å². The number of nitrogens with zero attached hydrogens (tertiary/aromatic N) is 4. The van der Waals surface area contributed by atoms with Crippen LogP contribution >= 0.6 is 23.4 Å². The van der Waals surface area contributed by atoms with Crippen LogP contribution in [0.3, 0.4) is 0 Å². The van der Waals surface area contributed by atoms with Gasteiger partial charge in [0.1, 0.15) is 16.2 Å². The number of benzene rings is 2. The van der Waals surface area contributed by atoms with Gasteiger partial charge in [-0.3, -0.25) is 19.2 Å². The molecule has 5 rings (SSSR count). The number of amides is 1. The highest BCUT2D eigenvalue weighted by Crippen LogP contribution is 2.47. The van der Waals surface area contributed by atoms with Crippen molar-refractivity contribution >= 4 is 45.9 Å². The lowest BCUT2D eigenvalue weighted by atomic mass is 10.1. The second-order valence-corrected chi connectivity index (χ2v) is 9.59. The molecule has 0 saturated carbocycles. The summed E-state index contributed by atoms with van der Waals surface area (Å²) in [5, 5.41) is 0.517. The summed E-state index contributed by atoms with van der Waals surface area (Å²) in [7, 11) is 1.82. The third-order valence-corrected chi connectivity index (χ3v) is 7.52. The molecule has 2 aromatic carbocycles. The summed E-state index contributed by atoms with van der Waals surface area (Å²) in [5.41, 5.74) is 3.08. The van der Waals surface area contributed by atoms with Crippen LogP contribution in [0, 0.1) is 6.92 Å². The maximum atomic E-state index is 13.6. The summed E-state index contributed by atoms with van der Waals surface area (Å²) in [6.45, 7) is 3.71. The van der Waals surface area contributed by atoms with Gasteiger partial charge in [0, 0.05) is 18.0 Å². The minimum Gasteiger partial charge on any atom is -0.288 e. The van der Waals surface area contributed by atoms with Crippen LogP contribution in [0.2, 0.25) is 5.15 Å². The van der Waals surface area contributed by atoms with Crippen molar-refractivity contribution in [3.05, 3.63) is 87.4 Å².